The van der Waals surface area contributed by atoms with Gasteiger partial charge in [-0.25, -0.2) is 5.11 Å². The van der Waals surface area contributed by atoms with Crippen molar-refractivity contribution in [1.29, 1.82) is 0 Å². The zero-order chi connectivity index (χ0) is 7.11. The average Bonchev–Trinajstić information content (AvgIpc) is 1.91. The van der Waals surface area contributed by atoms with Gasteiger partial charge in [-0.05, 0) is 19.5 Å². The second-order valence-electron chi connectivity index (χ2n) is 2.08. The van der Waals surface area contributed by atoms with Gasteiger partial charge in [-0.3, -0.25) is 0 Å². The molecule has 0 spiro atoms. The van der Waals surface area contributed by atoms with Crippen LogP contribution in [0.5, 0.6) is 0 Å². The summed E-state index contributed by atoms with van der Waals surface area (Å²) in [5, 5.41) is 10.0. The fraction of sp³-hybridized carbons (Fsp3) is 1.00. The highest BCUT2D eigenvalue weighted by molar-refractivity contribution is 4.49. The molecule has 1 radical (unpaired) electrons. The van der Waals surface area contributed by atoms with Gasteiger partial charge in [0, 0.05) is 6.54 Å². The van der Waals surface area contributed by atoms with Crippen LogP contribution in [0, 0.1) is 0 Å². The molecule has 9 heavy (non-hydrogen) atoms. The SMILES string of the molecule is CCN(CC)CCC[O]. The Morgan fingerprint density at radius 3 is 2.11 bits per heavy atom. The van der Waals surface area contributed by atoms with E-state index in [2.05, 4.69) is 18.7 Å². The Balaban J connectivity index is 3.09. The van der Waals surface area contributed by atoms with Gasteiger partial charge >= 0.3 is 0 Å². The quantitative estimate of drug-likeness (QED) is 0.547. The first-order valence-electron chi connectivity index (χ1n) is 3.65. The lowest BCUT2D eigenvalue weighted by Crippen LogP contribution is -2.24. The summed E-state index contributed by atoms with van der Waals surface area (Å²) in [6, 6.07) is 0. The molecule has 0 atom stereocenters. The Hall–Kier alpha value is -0.0800. The van der Waals surface area contributed by atoms with Crippen LogP contribution in [0.1, 0.15) is 20.3 Å². The normalized spacial score (nSPS) is 10.7. The van der Waals surface area contributed by atoms with E-state index in [1.165, 1.54) is 0 Å². The van der Waals surface area contributed by atoms with Crippen molar-refractivity contribution >= 4 is 0 Å². The van der Waals surface area contributed by atoms with Crippen LogP contribution in [-0.4, -0.2) is 31.1 Å². The zero-order valence-electron chi connectivity index (χ0n) is 6.39. The average molecular weight is 130 g/mol. The van der Waals surface area contributed by atoms with E-state index in [1.807, 2.05) is 0 Å². The first-order valence-corrected chi connectivity index (χ1v) is 3.65. The lowest BCUT2D eigenvalue weighted by molar-refractivity contribution is 0.169. The smallest absolute Gasteiger partial charge is 0.0834 e. The minimum absolute atomic E-state index is 0.0660. The molecule has 0 aromatic rings. The predicted octanol–water partition coefficient (Wildman–Crippen LogP) is 1.15. The lowest BCUT2D eigenvalue weighted by Gasteiger charge is -2.16. The predicted molar refractivity (Wildman–Crippen MR) is 38.0 cm³/mol. The Kier molecular flexibility index (Phi) is 5.99. The van der Waals surface area contributed by atoms with E-state index in [1.54, 1.807) is 0 Å². The van der Waals surface area contributed by atoms with Crippen LogP contribution in [-0.2, 0) is 5.11 Å². The van der Waals surface area contributed by atoms with Gasteiger partial charge < -0.3 is 4.90 Å². The molecule has 0 N–H and O–H groups in total. The minimum atomic E-state index is 0.0660. The monoisotopic (exact) mass is 130 g/mol. The van der Waals surface area contributed by atoms with Gasteiger partial charge in [0.05, 0.1) is 6.61 Å². The molecular formula is C7H16NO. The van der Waals surface area contributed by atoms with Gasteiger partial charge in [0.25, 0.3) is 0 Å². The molecule has 2 nitrogen and oxygen atoms in total. The van der Waals surface area contributed by atoms with Crippen LogP contribution in [0.4, 0.5) is 0 Å². The molecule has 0 rings (SSSR count). The number of hydrogen-bond acceptors (Lipinski definition) is 1. The number of hydrogen-bond donors (Lipinski definition) is 0. The van der Waals surface area contributed by atoms with Gasteiger partial charge in [-0.15, -0.1) is 0 Å². The summed E-state index contributed by atoms with van der Waals surface area (Å²) < 4.78 is 0. The molecule has 0 fully saturated rings. The summed E-state index contributed by atoms with van der Waals surface area (Å²) in [5.74, 6) is 0. The number of nitrogens with zero attached hydrogens (tertiary/aromatic N) is 1. The van der Waals surface area contributed by atoms with Gasteiger partial charge in [0.1, 0.15) is 0 Å². The highest BCUT2D eigenvalue weighted by Gasteiger charge is 1.95. The molecule has 0 aromatic carbocycles. The van der Waals surface area contributed by atoms with Crippen LogP contribution in [0.15, 0.2) is 0 Å². The molecule has 55 valence electrons. The first-order chi connectivity index (χ1) is 4.35. The van der Waals surface area contributed by atoms with Crippen molar-refractivity contribution in [2.75, 3.05) is 26.2 Å². The molecule has 0 heterocycles. The van der Waals surface area contributed by atoms with E-state index in [4.69, 9.17) is 0 Å². The maximum Gasteiger partial charge on any atom is 0.0834 e. The molecule has 0 unspecified atom stereocenters. The van der Waals surface area contributed by atoms with E-state index in [-0.39, 0.29) is 6.61 Å². The molecular weight excluding hydrogens is 114 g/mol. The van der Waals surface area contributed by atoms with Crippen molar-refractivity contribution in [3.8, 4) is 0 Å². The molecule has 0 aliphatic carbocycles. The summed E-state index contributed by atoms with van der Waals surface area (Å²) in [4.78, 5) is 2.26. The third kappa shape index (κ3) is 4.43. The molecule has 0 aliphatic rings. The summed E-state index contributed by atoms with van der Waals surface area (Å²) >= 11 is 0. The van der Waals surface area contributed by atoms with Gasteiger partial charge in [0.2, 0.25) is 0 Å². The fourth-order valence-corrected chi connectivity index (χ4v) is 0.828. The molecule has 0 bridgehead atoms. The maximum absolute atomic E-state index is 10.0. The molecule has 0 saturated heterocycles. The summed E-state index contributed by atoms with van der Waals surface area (Å²) in [5.41, 5.74) is 0. The van der Waals surface area contributed by atoms with Crippen molar-refractivity contribution in [3.05, 3.63) is 0 Å². The second-order valence-corrected chi connectivity index (χ2v) is 2.08. The van der Waals surface area contributed by atoms with E-state index in [9.17, 15) is 5.11 Å². The Bertz CT molecular complexity index is 52.9. The molecule has 0 saturated carbocycles. The van der Waals surface area contributed by atoms with Crippen molar-refractivity contribution in [3.63, 3.8) is 0 Å². The zero-order valence-corrected chi connectivity index (χ0v) is 6.39. The van der Waals surface area contributed by atoms with Crippen LogP contribution in [0.25, 0.3) is 0 Å². The maximum atomic E-state index is 10.0. The highest BCUT2D eigenvalue weighted by Crippen LogP contribution is 1.88. The molecule has 0 amide bonds. The number of rotatable bonds is 5. The van der Waals surface area contributed by atoms with Crippen LogP contribution < -0.4 is 0 Å². The van der Waals surface area contributed by atoms with Crippen LogP contribution in [0.2, 0.25) is 0 Å². The first kappa shape index (κ1) is 8.92. The lowest BCUT2D eigenvalue weighted by atomic mass is 10.4. The Morgan fingerprint density at radius 1 is 1.22 bits per heavy atom. The topological polar surface area (TPSA) is 23.1 Å². The largest absolute Gasteiger partial charge is 0.304 e. The van der Waals surface area contributed by atoms with Gasteiger partial charge in [-0.1, -0.05) is 13.8 Å². The van der Waals surface area contributed by atoms with E-state index >= 15 is 0 Å². The van der Waals surface area contributed by atoms with Crippen molar-refractivity contribution in [2.45, 2.75) is 20.3 Å². The summed E-state index contributed by atoms with van der Waals surface area (Å²) in [6.07, 6.45) is 0.793. The second kappa shape index (κ2) is 6.05. The van der Waals surface area contributed by atoms with Gasteiger partial charge in [-0.2, -0.15) is 0 Å². The molecule has 0 aromatic heterocycles. The van der Waals surface area contributed by atoms with E-state index in [0.717, 1.165) is 26.1 Å². The van der Waals surface area contributed by atoms with Crippen LogP contribution >= 0.6 is 0 Å². The standard InChI is InChI=1S/C7H16NO/c1-3-8(4-2)6-5-7-9/h3-7H2,1-2H3. The highest BCUT2D eigenvalue weighted by atomic mass is 16.3. The van der Waals surface area contributed by atoms with Crippen molar-refractivity contribution < 1.29 is 5.11 Å². The van der Waals surface area contributed by atoms with E-state index < -0.39 is 0 Å². The third-order valence-electron chi connectivity index (χ3n) is 1.51. The van der Waals surface area contributed by atoms with Crippen molar-refractivity contribution in [2.24, 2.45) is 0 Å². The molecule has 0 aliphatic heterocycles. The molecule has 2 heteroatoms. The Morgan fingerprint density at radius 2 is 1.78 bits per heavy atom. The van der Waals surface area contributed by atoms with E-state index in [0.29, 0.717) is 0 Å². The fourth-order valence-electron chi connectivity index (χ4n) is 0.828. The van der Waals surface area contributed by atoms with Crippen molar-refractivity contribution in [1.82, 2.24) is 4.90 Å². The third-order valence-corrected chi connectivity index (χ3v) is 1.51. The minimum Gasteiger partial charge on any atom is -0.304 e. The Labute approximate surface area is 57.5 Å². The van der Waals surface area contributed by atoms with Crippen LogP contribution in [0.3, 0.4) is 0 Å². The summed E-state index contributed by atoms with van der Waals surface area (Å²) in [7, 11) is 0. The van der Waals surface area contributed by atoms with Gasteiger partial charge in [0.15, 0.2) is 0 Å². The summed E-state index contributed by atoms with van der Waals surface area (Å²) in [6.45, 7) is 7.41.